The van der Waals surface area contributed by atoms with Gasteiger partial charge in [-0.25, -0.2) is 4.39 Å². The fourth-order valence-corrected chi connectivity index (χ4v) is 1.70. The lowest BCUT2D eigenvalue weighted by Crippen LogP contribution is -2.52. The lowest BCUT2D eigenvalue weighted by Gasteiger charge is -2.35. The summed E-state index contributed by atoms with van der Waals surface area (Å²) < 4.78 is 12.9. The topological polar surface area (TPSA) is 57.6 Å². The molecule has 1 saturated heterocycles. The molecular weight excluding hydrogens is 237 g/mol. The number of nitrogens with zero attached hydrogens (tertiary/aromatic N) is 1. The molecule has 0 bridgehead atoms. The summed E-state index contributed by atoms with van der Waals surface area (Å²) in [6, 6.07) is 5.89. The molecule has 5 heteroatoms. The van der Waals surface area contributed by atoms with Crippen molar-refractivity contribution in [3.8, 4) is 0 Å². The molecule has 0 radical (unpaired) electrons. The summed E-state index contributed by atoms with van der Waals surface area (Å²) >= 11 is 0. The third-order valence-electron chi connectivity index (χ3n) is 2.81. The number of amides is 1. The van der Waals surface area contributed by atoms with Crippen LogP contribution in [0.3, 0.4) is 0 Å². The first-order chi connectivity index (χ1) is 8.56. The quantitative estimate of drug-likeness (QED) is 0.823. The highest BCUT2D eigenvalue weighted by Gasteiger charge is 2.34. The maximum Gasteiger partial charge on any atom is 0.310 e. The van der Waals surface area contributed by atoms with Gasteiger partial charge in [0.05, 0.1) is 5.92 Å². The van der Waals surface area contributed by atoms with Crippen molar-refractivity contribution in [3.63, 3.8) is 0 Å². The van der Waals surface area contributed by atoms with Gasteiger partial charge < -0.3 is 10.0 Å². The summed E-state index contributed by atoms with van der Waals surface area (Å²) in [6.45, 7) is 0.476. The number of aliphatic carboxylic acids is 1. The summed E-state index contributed by atoms with van der Waals surface area (Å²) in [6.07, 6.45) is 2.84. The van der Waals surface area contributed by atoms with Crippen LogP contribution in [0.4, 0.5) is 4.39 Å². The predicted molar refractivity (Wildman–Crippen MR) is 63.1 cm³/mol. The van der Waals surface area contributed by atoms with Gasteiger partial charge in [-0.05, 0) is 23.8 Å². The Morgan fingerprint density at radius 1 is 1.39 bits per heavy atom. The molecule has 1 aromatic rings. The van der Waals surface area contributed by atoms with Gasteiger partial charge >= 0.3 is 5.97 Å². The molecule has 1 heterocycles. The zero-order chi connectivity index (χ0) is 13.1. The maximum atomic E-state index is 12.9. The summed E-state index contributed by atoms with van der Waals surface area (Å²) in [5, 5.41) is 8.67. The Hall–Kier alpha value is -2.17. The molecule has 1 aliphatic rings. The minimum absolute atomic E-state index is 0.238. The number of carboxylic acid groups (broad SMARTS) is 1. The average Bonchev–Trinajstić information content (AvgIpc) is 2.24. The first-order valence-corrected chi connectivity index (χ1v) is 5.51. The second-order valence-corrected chi connectivity index (χ2v) is 4.17. The molecule has 2 rings (SSSR count). The minimum Gasteiger partial charge on any atom is -0.481 e. The van der Waals surface area contributed by atoms with Crippen molar-refractivity contribution in [2.45, 2.75) is 0 Å². The van der Waals surface area contributed by atoms with Crippen molar-refractivity contribution in [1.29, 1.82) is 0 Å². The average molecular weight is 249 g/mol. The SMILES string of the molecule is O=C(O)C1CN(C(=O)C=Cc2cccc(F)c2)C1. The van der Waals surface area contributed by atoms with E-state index >= 15 is 0 Å². The van der Waals surface area contributed by atoms with Gasteiger partial charge in [0.2, 0.25) is 5.91 Å². The third-order valence-corrected chi connectivity index (χ3v) is 2.81. The second kappa shape index (κ2) is 5.00. The number of carbonyl (C=O) groups excluding carboxylic acids is 1. The molecule has 1 aliphatic heterocycles. The van der Waals surface area contributed by atoms with E-state index in [-0.39, 0.29) is 24.8 Å². The summed E-state index contributed by atoms with van der Waals surface area (Å²) in [7, 11) is 0. The molecule has 1 N–H and O–H groups in total. The van der Waals surface area contributed by atoms with Crippen molar-refractivity contribution in [1.82, 2.24) is 4.90 Å². The van der Waals surface area contributed by atoms with Gasteiger partial charge in [0, 0.05) is 19.2 Å². The van der Waals surface area contributed by atoms with E-state index in [1.54, 1.807) is 12.1 Å². The van der Waals surface area contributed by atoms with Crippen LogP contribution in [0.25, 0.3) is 6.08 Å². The normalized spacial score (nSPS) is 15.7. The Bertz CT molecular complexity index is 507. The highest BCUT2D eigenvalue weighted by atomic mass is 19.1. The molecule has 18 heavy (non-hydrogen) atoms. The van der Waals surface area contributed by atoms with Crippen LogP contribution >= 0.6 is 0 Å². The number of benzene rings is 1. The fourth-order valence-electron chi connectivity index (χ4n) is 1.70. The second-order valence-electron chi connectivity index (χ2n) is 4.17. The maximum absolute atomic E-state index is 12.9. The van der Waals surface area contributed by atoms with Gasteiger partial charge in [-0.3, -0.25) is 9.59 Å². The van der Waals surface area contributed by atoms with Crippen molar-refractivity contribution < 1.29 is 19.1 Å². The standard InChI is InChI=1S/C13H12FNO3/c14-11-3-1-2-9(6-11)4-5-12(16)15-7-10(8-15)13(17)18/h1-6,10H,7-8H2,(H,17,18). The zero-order valence-electron chi connectivity index (χ0n) is 9.54. The largest absolute Gasteiger partial charge is 0.481 e. The predicted octanol–water partition coefficient (Wildman–Crippen LogP) is 1.38. The number of carboxylic acids is 1. The molecule has 1 aromatic carbocycles. The number of carbonyl (C=O) groups is 2. The monoisotopic (exact) mass is 249 g/mol. The summed E-state index contributed by atoms with van der Waals surface area (Å²) in [5.74, 6) is -1.96. The Labute approximate surface area is 103 Å². The molecule has 1 amide bonds. The van der Waals surface area contributed by atoms with E-state index in [4.69, 9.17) is 5.11 Å². The van der Waals surface area contributed by atoms with E-state index in [1.165, 1.54) is 29.2 Å². The van der Waals surface area contributed by atoms with Crippen LogP contribution in [0.5, 0.6) is 0 Å². The van der Waals surface area contributed by atoms with E-state index in [2.05, 4.69) is 0 Å². The van der Waals surface area contributed by atoms with Crippen molar-refractivity contribution in [3.05, 3.63) is 41.7 Å². The van der Waals surface area contributed by atoms with Crippen molar-refractivity contribution in [2.75, 3.05) is 13.1 Å². The molecule has 0 spiro atoms. The molecule has 0 aromatic heterocycles. The number of hydrogen-bond donors (Lipinski definition) is 1. The van der Waals surface area contributed by atoms with Crippen LogP contribution in [-0.4, -0.2) is 35.0 Å². The lowest BCUT2D eigenvalue weighted by atomic mass is 10.0. The molecular formula is C13H12FNO3. The highest BCUT2D eigenvalue weighted by molar-refractivity contribution is 5.93. The Kier molecular flexibility index (Phi) is 3.41. The smallest absolute Gasteiger partial charge is 0.310 e. The van der Waals surface area contributed by atoms with Gasteiger partial charge in [-0.15, -0.1) is 0 Å². The Balaban J connectivity index is 1.91. The summed E-state index contributed by atoms with van der Waals surface area (Å²) in [4.78, 5) is 23.6. The van der Waals surface area contributed by atoms with E-state index in [0.29, 0.717) is 5.56 Å². The van der Waals surface area contributed by atoms with E-state index < -0.39 is 11.9 Å². The van der Waals surface area contributed by atoms with Crippen LogP contribution in [-0.2, 0) is 9.59 Å². The molecule has 94 valence electrons. The van der Waals surface area contributed by atoms with Gasteiger partial charge in [-0.2, -0.15) is 0 Å². The fraction of sp³-hybridized carbons (Fsp3) is 0.231. The van der Waals surface area contributed by atoms with Gasteiger partial charge in [-0.1, -0.05) is 12.1 Å². The van der Waals surface area contributed by atoms with Crippen molar-refractivity contribution >= 4 is 18.0 Å². The van der Waals surface area contributed by atoms with Crippen LogP contribution in [0.1, 0.15) is 5.56 Å². The molecule has 0 saturated carbocycles. The van der Waals surface area contributed by atoms with Gasteiger partial charge in [0.25, 0.3) is 0 Å². The molecule has 4 nitrogen and oxygen atoms in total. The molecule has 0 atom stereocenters. The van der Waals surface area contributed by atoms with E-state index in [0.717, 1.165) is 0 Å². The zero-order valence-corrected chi connectivity index (χ0v) is 9.54. The number of likely N-dealkylation sites (tertiary alicyclic amines) is 1. The van der Waals surface area contributed by atoms with Crippen LogP contribution < -0.4 is 0 Å². The Morgan fingerprint density at radius 2 is 2.11 bits per heavy atom. The number of rotatable bonds is 3. The van der Waals surface area contributed by atoms with Gasteiger partial charge in [0.1, 0.15) is 5.82 Å². The summed E-state index contributed by atoms with van der Waals surface area (Å²) in [5.41, 5.74) is 0.596. The molecule has 0 unspecified atom stereocenters. The molecule has 1 fully saturated rings. The highest BCUT2D eigenvalue weighted by Crippen LogP contribution is 2.16. The molecule has 0 aliphatic carbocycles. The Morgan fingerprint density at radius 3 is 2.72 bits per heavy atom. The van der Waals surface area contributed by atoms with E-state index in [1.807, 2.05) is 0 Å². The van der Waals surface area contributed by atoms with Crippen molar-refractivity contribution in [2.24, 2.45) is 5.92 Å². The lowest BCUT2D eigenvalue weighted by molar-refractivity contribution is -0.151. The number of hydrogen-bond acceptors (Lipinski definition) is 2. The first kappa shape index (κ1) is 12.3. The minimum atomic E-state index is -0.881. The van der Waals surface area contributed by atoms with E-state index in [9.17, 15) is 14.0 Å². The van der Waals surface area contributed by atoms with Gasteiger partial charge in [0.15, 0.2) is 0 Å². The number of halogens is 1. The van der Waals surface area contributed by atoms with Crippen LogP contribution in [0.2, 0.25) is 0 Å². The third kappa shape index (κ3) is 2.74. The van der Waals surface area contributed by atoms with Crippen LogP contribution in [0.15, 0.2) is 30.3 Å². The first-order valence-electron chi connectivity index (χ1n) is 5.51. The van der Waals surface area contributed by atoms with Crippen LogP contribution in [0, 0.1) is 11.7 Å².